The molecule has 0 radical (unpaired) electrons. The van der Waals surface area contributed by atoms with Crippen molar-refractivity contribution < 1.29 is 14.3 Å². The number of para-hydroxylation sites is 1. The van der Waals surface area contributed by atoms with Gasteiger partial charge in [0.2, 0.25) is 0 Å². The van der Waals surface area contributed by atoms with Crippen molar-refractivity contribution in [2.45, 2.75) is 25.9 Å². The second-order valence-corrected chi connectivity index (χ2v) is 7.38. The summed E-state index contributed by atoms with van der Waals surface area (Å²) in [5.74, 6) is 0.619. The van der Waals surface area contributed by atoms with Gasteiger partial charge < -0.3 is 14.5 Å². The third kappa shape index (κ3) is 3.11. The van der Waals surface area contributed by atoms with Gasteiger partial charge in [-0.15, -0.1) is 0 Å². The van der Waals surface area contributed by atoms with E-state index in [0.29, 0.717) is 31.9 Å². The SMILES string of the molecule is Cc1cc(NC(=O)N2CC[C@@]3(CN(C)C(=O)O3)C2)n(-c2ccccc2C)n1. The number of benzene rings is 1. The fourth-order valence-corrected chi connectivity index (χ4v) is 3.78. The number of carbonyl (C=O) groups excluding carboxylic acids is 2. The van der Waals surface area contributed by atoms with Crippen molar-refractivity contribution in [3.05, 3.63) is 41.6 Å². The van der Waals surface area contributed by atoms with Gasteiger partial charge in [-0.25, -0.2) is 14.3 Å². The number of hydrogen-bond acceptors (Lipinski definition) is 4. The van der Waals surface area contributed by atoms with E-state index in [9.17, 15) is 9.59 Å². The standard InChI is InChI=1S/C19H23N5O3/c1-13-6-4-5-7-15(13)24-16(10-14(2)21-24)20-17(25)23-9-8-19(12-23)11-22(3)18(26)27-19/h4-7,10H,8-9,11-12H2,1-3H3,(H,20,25)/t19-/m1/s1. The minimum atomic E-state index is -0.588. The van der Waals surface area contributed by atoms with Crippen LogP contribution in [0.2, 0.25) is 0 Å². The number of likely N-dealkylation sites (tertiary alicyclic amines) is 1. The molecule has 1 spiro atoms. The zero-order valence-electron chi connectivity index (χ0n) is 15.7. The molecule has 27 heavy (non-hydrogen) atoms. The maximum absolute atomic E-state index is 12.8. The van der Waals surface area contributed by atoms with E-state index in [-0.39, 0.29) is 12.1 Å². The van der Waals surface area contributed by atoms with Crippen molar-refractivity contribution in [2.24, 2.45) is 0 Å². The van der Waals surface area contributed by atoms with Gasteiger partial charge in [0.1, 0.15) is 5.82 Å². The Labute approximate surface area is 157 Å². The lowest BCUT2D eigenvalue weighted by Crippen LogP contribution is -2.40. The average Bonchev–Trinajstić information content (AvgIpc) is 3.27. The molecule has 2 aliphatic rings. The van der Waals surface area contributed by atoms with Crippen LogP contribution in [0.4, 0.5) is 15.4 Å². The number of carbonyl (C=O) groups is 2. The van der Waals surface area contributed by atoms with Crippen LogP contribution in [-0.2, 0) is 4.74 Å². The molecule has 1 aromatic carbocycles. The van der Waals surface area contributed by atoms with Gasteiger partial charge in [0.15, 0.2) is 5.60 Å². The highest BCUT2D eigenvalue weighted by Crippen LogP contribution is 2.32. The number of aromatic nitrogens is 2. The van der Waals surface area contributed by atoms with Crippen LogP contribution >= 0.6 is 0 Å². The van der Waals surface area contributed by atoms with Crippen LogP contribution in [0.5, 0.6) is 0 Å². The number of rotatable bonds is 2. The maximum atomic E-state index is 12.8. The van der Waals surface area contributed by atoms with Gasteiger partial charge in [0.05, 0.1) is 24.5 Å². The number of anilines is 1. The first-order valence-electron chi connectivity index (χ1n) is 9.00. The third-order valence-electron chi connectivity index (χ3n) is 5.15. The lowest BCUT2D eigenvalue weighted by Gasteiger charge is -2.22. The summed E-state index contributed by atoms with van der Waals surface area (Å²) >= 11 is 0. The third-order valence-corrected chi connectivity index (χ3v) is 5.15. The molecule has 1 atom stereocenters. The highest BCUT2D eigenvalue weighted by atomic mass is 16.6. The Balaban J connectivity index is 1.52. The number of aryl methyl sites for hydroxylation is 2. The second kappa shape index (κ2) is 6.29. The molecule has 0 saturated carbocycles. The van der Waals surface area contributed by atoms with Crippen molar-refractivity contribution in [2.75, 3.05) is 32.0 Å². The topological polar surface area (TPSA) is 79.7 Å². The molecule has 1 aromatic heterocycles. The molecule has 8 nitrogen and oxygen atoms in total. The molecule has 2 fully saturated rings. The van der Waals surface area contributed by atoms with E-state index in [4.69, 9.17) is 4.74 Å². The van der Waals surface area contributed by atoms with Crippen LogP contribution in [-0.4, -0.2) is 64.0 Å². The van der Waals surface area contributed by atoms with E-state index in [1.54, 1.807) is 21.5 Å². The Bertz CT molecular complexity index is 909. The van der Waals surface area contributed by atoms with E-state index >= 15 is 0 Å². The number of nitrogens with zero attached hydrogens (tertiary/aromatic N) is 4. The molecule has 1 N–H and O–H groups in total. The Hall–Kier alpha value is -3.03. The first-order valence-corrected chi connectivity index (χ1v) is 9.00. The van der Waals surface area contributed by atoms with Crippen molar-refractivity contribution in [3.63, 3.8) is 0 Å². The summed E-state index contributed by atoms with van der Waals surface area (Å²) in [6.45, 7) is 5.35. The number of urea groups is 1. The van der Waals surface area contributed by atoms with Crippen LogP contribution < -0.4 is 5.32 Å². The lowest BCUT2D eigenvalue weighted by atomic mass is 10.0. The summed E-state index contributed by atoms with van der Waals surface area (Å²) < 4.78 is 7.26. The van der Waals surface area contributed by atoms with E-state index in [1.165, 1.54) is 0 Å². The summed E-state index contributed by atoms with van der Waals surface area (Å²) in [5.41, 5.74) is 2.22. The molecule has 8 heteroatoms. The highest BCUT2D eigenvalue weighted by molar-refractivity contribution is 5.89. The molecule has 0 aliphatic carbocycles. The lowest BCUT2D eigenvalue weighted by molar-refractivity contribution is 0.0662. The quantitative estimate of drug-likeness (QED) is 0.882. The van der Waals surface area contributed by atoms with Crippen LogP contribution in [0.1, 0.15) is 17.7 Å². The van der Waals surface area contributed by atoms with Gasteiger partial charge in [-0.05, 0) is 25.5 Å². The van der Waals surface area contributed by atoms with Crippen LogP contribution in [0.15, 0.2) is 30.3 Å². The first-order chi connectivity index (χ1) is 12.9. The zero-order chi connectivity index (χ0) is 19.2. The number of hydrogen-bond donors (Lipinski definition) is 1. The summed E-state index contributed by atoms with van der Waals surface area (Å²) in [6, 6.07) is 9.52. The fraction of sp³-hybridized carbons (Fsp3) is 0.421. The van der Waals surface area contributed by atoms with E-state index in [0.717, 1.165) is 16.9 Å². The smallest absolute Gasteiger partial charge is 0.410 e. The van der Waals surface area contributed by atoms with Gasteiger partial charge in [-0.2, -0.15) is 5.10 Å². The van der Waals surface area contributed by atoms with E-state index in [1.807, 2.05) is 44.2 Å². The molecule has 3 heterocycles. The molecule has 0 unspecified atom stereocenters. The molecule has 142 valence electrons. The molecular formula is C19H23N5O3. The summed E-state index contributed by atoms with van der Waals surface area (Å²) in [4.78, 5) is 27.8. The summed E-state index contributed by atoms with van der Waals surface area (Å²) in [6.07, 6.45) is 0.317. The number of nitrogens with one attached hydrogen (secondary N) is 1. The molecule has 4 rings (SSSR count). The van der Waals surface area contributed by atoms with Crippen LogP contribution in [0.3, 0.4) is 0 Å². The predicted molar refractivity (Wildman–Crippen MR) is 100 cm³/mol. The highest BCUT2D eigenvalue weighted by Gasteiger charge is 2.49. The van der Waals surface area contributed by atoms with Crippen LogP contribution in [0.25, 0.3) is 5.69 Å². The molecule has 2 saturated heterocycles. The average molecular weight is 369 g/mol. The van der Waals surface area contributed by atoms with Gasteiger partial charge >= 0.3 is 12.1 Å². The molecule has 3 amide bonds. The summed E-state index contributed by atoms with van der Waals surface area (Å²) in [5, 5.41) is 7.48. The first kappa shape index (κ1) is 17.4. The van der Waals surface area contributed by atoms with Gasteiger partial charge in [0, 0.05) is 26.1 Å². The van der Waals surface area contributed by atoms with Gasteiger partial charge in [-0.1, -0.05) is 18.2 Å². The molecule has 2 aliphatic heterocycles. The number of amides is 3. The van der Waals surface area contributed by atoms with Gasteiger partial charge in [-0.3, -0.25) is 5.32 Å². The minimum Gasteiger partial charge on any atom is -0.439 e. The molecule has 2 aromatic rings. The molecule has 0 bridgehead atoms. The van der Waals surface area contributed by atoms with Crippen molar-refractivity contribution >= 4 is 17.9 Å². The Kier molecular flexibility index (Phi) is 4.05. The Morgan fingerprint density at radius 2 is 2.04 bits per heavy atom. The Morgan fingerprint density at radius 3 is 2.74 bits per heavy atom. The molecular weight excluding hydrogens is 346 g/mol. The van der Waals surface area contributed by atoms with E-state index in [2.05, 4.69) is 10.4 Å². The van der Waals surface area contributed by atoms with Crippen LogP contribution in [0, 0.1) is 13.8 Å². The monoisotopic (exact) mass is 369 g/mol. The summed E-state index contributed by atoms with van der Waals surface area (Å²) in [7, 11) is 1.71. The second-order valence-electron chi connectivity index (χ2n) is 7.38. The number of likely N-dealkylation sites (N-methyl/N-ethyl adjacent to an activating group) is 1. The van der Waals surface area contributed by atoms with Gasteiger partial charge in [0.25, 0.3) is 0 Å². The predicted octanol–water partition coefficient (Wildman–Crippen LogP) is 2.55. The van der Waals surface area contributed by atoms with Crippen molar-refractivity contribution in [3.8, 4) is 5.69 Å². The van der Waals surface area contributed by atoms with E-state index < -0.39 is 5.60 Å². The van der Waals surface area contributed by atoms with Crippen molar-refractivity contribution in [1.29, 1.82) is 0 Å². The zero-order valence-corrected chi connectivity index (χ0v) is 15.7. The Morgan fingerprint density at radius 1 is 1.26 bits per heavy atom. The largest absolute Gasteiger partial charge is 0.439 e. The fourth-order valence-electron chi connectivity index (χ4n) is 3.78. The number of ether oxygens (including phenoxy) is 1. The normalized spacial score (nSPS) is 21.8. The minimum absolute atomic E-state index is 0.216. The van der Waals surface area contributed by atoms with Crippen molar-refractivity contribution in [1.82, 2.24) is 19.6 Å². The maximum Gasteiger partial charge on any atom is 0.410 e.